The lowest BCUT2D eigenvalue weighted by Gasteiger charge is -2.31. The van der Waals surface area contributed by atoms with Crippen molar-refractivity contribution in [2.24, 2.45) is 5.73 Å². The third-order valence-corrected chi connectivity index (χ3v) is 4.90. The molecule has 1 amide bonds. The zero-order valence-electron chi connectivity index (χ0n) is 12.2. The monoisotopic (exact) mass is 341 g/mol. The standard InChI is InChI=1S/C15H19N3O2S.ClH/c16-15(6-9-20-10-7-15)14(19)17-8-5-13-18-11-3-1-2-4-12(11)21-13;/h1-4H,5-10,16H2,(H,17,19);1H. The molecule has 1 aliphatic rings. The molecular weight excluding hydrogens is 322 g/mol. The molecule has 22 heavy (non-hydrogen) atoms. The largest absolute Gasteiger partial charge is 0.381 e. The Bertz CT molecular complexity index is 608. The third-order valence-electron chi connectivity index (χ3n) is 3.80. The Morgan fingerprint density at radius 2 is 2.09 bits per heavy atom. The van der Waals surface area contributed by atoms with E-state index in [9.17, 15) is 4.79 Å². The number of aromatic nitrogens is 1. The van der Waals surface area contributed by atoms with Crippen molar-refractivity contribution in [1.82, 2.24) is 10.3 Å². The van der Waals surface area contributed by atoms with Crippen LogP contribution in [0.3, 0.4) is 0 Å². The second-order valence-electron chi connectivity index (χ2n) is 5.35. The molecule has 3 N–H and O–H groups in total. The summed E-state index contributed by atoms with van der Waals surface area (Å²) in [5.74, 6) is -0.0769. The zero-order valence-corrected chi connectivity index (χ0v) is 13.8. The van der Waals surface area contributed by atoms with Gasteiger partial charge in [0.1, 0.15) is 0 Å². The van der Waals surface area contributed by atoms with E-state index in [0.29, 0.717) is 32.6 Å². The normalized spacial score (nSPS) is 17.0. The number of nitrogens with one attached hydrogen (secondary N) is 1. The molecule has 1 saturated heterocycles. The van der Waals surface area contributed by atoms with E-state index in [2.05, 4.69) is 16.4 Å². The molecule has 7 heteroatoms. The Labute approximate surface area is 139 Å². The number of nitrogens with zero attached hydrogens (tertiary/aromatic N) is 1. The number of thiazole rings is 1. The van der Waals surface area contributed by atoms with Crippen molar-refractivity contribution >= 4 is 39.9 Å². The number of amides is 1. The van der Waals surface area contributed by atoms with Gasteiger partial charge in [0.15, 0.2) is 0 Å². The fourth-order valence-electron chi connectivity index (χ4n) is 2.45. The lowest BCUT2D eigenvalue weighted by atomic mass is 9.90. The number of carbonyl (C=O) groups is 1. The van der Waals surface area contributed by atoms with Gasteiger partial charge in [-0.2, -0.15) is 0 Å². The molecule has 120 valence electrons. The van der Waals surface area contributed by atoms with Crippen LogP contribution in [0.25, 0.3) is 10.2 Å². The van der Waals surface area contributed by atoms with E-state index in [4.69, 9.17) is 10.5 Å². The number of fused-ring (bicyclic) bond motifs is 1. The molecule has 0 atom stereocenters. The topological polar surface area (TPSA) is 77.2 Å². The van der Waals surface area contributed by atoms with Crippen molar-refractivity contribution in [3.8, 4) is 0 Å². The summed E-state index contributed by atoms with van der Waals surface area (Å²) in [7, 11) is 0. The zero-order chi connectivity index (χ0) is 14.7. The highest BCUT2D eigenvalue weighted by molar-refractivity contribution is 7.18. The SMILES string of the molecule is Cl.NC1(C(=O)NCCc2nc3ccccc3s2)CCOCC1. The van der Waals surface area contributed by atoms with Crippen LogP contribution in [0.4, 0.5) is 0 Å². The first kappa shape index (κ1) is 17.1. The van der Waals surface area contributed by atoms with Gasteiger partial charge in [-0.1, -0.05) is 12.1 Å². The van der Waals surface area contributed by atoms with Crippen molar-refractivity contribution < 1.29 is 9.53 Å². The van der Waals surface area contributed by atoms with E-state index in [1.807, 2.05) is 18.2 Å². The number of rotatable bonds is 4. The van der Waals surface area contributed by atoms with Gasteiger partial charge in [0, 0.05) is 26.2 Å². The molecule has 1 aromatic carbocycles. The van der Waals surface area contributed by atoms with Crippen LogP contribution in [-0.4, -0.2) is 36.2 Å². The van der Waals surface area contributed by atoms with Crippen LogP contribution in [-0.2, 0) is 16.0 Å². The molecule has 5 nitrogen and oxygen atoms in total. The molecule has 0 radical (unpaired) electrons. The predicted molar refractivity (Wildman–Crippen MR) is 90.6 cm³/mol. The minimum atomic E-state index is -0.772. The van der Waals surface area contributed by atoms with Crippen molar-refractivity contribution in [3.05, 3.63) is 29.3 Å². The van der Waals surface area contributed by atoms with E-state index >= 15 is 0 Å². The summed E-state index contributed by atoms with van der Waals surface area (Å²) in [6.07, 6.45) is 1.90. The lowest BCUT2D eigenvalue weighted by molar-refractivity contribution is -0.129. The summed E-state index contributed by atoms with van der Waals surface area (Å²) < 4.78 is 6.43. The van der Waals surface area contributed by atoms with Crippen LogP contribution in [0.15, 0.2) is 24.3 Å². The molecule has 3 rings (SSSR count). The smallest absolute Gasteiger partial charge is 0.240 e. The van der Waals surface area contributed by atoms with Gasteiger partial charge in [-0.15, -0.1) is 23.7 Å². The first-order valence-electron chi connectivity index (χ1n) is 7.17. The first-order chi connectivity index (χ1) is 10.2. The van der Waals surface area contributed by atoms with Gasteiger partial charge in [0.05, 0.1) is 20.8 Å². The van der Waals surface area contributed by atoms with Crippen LogP contribution in [0, 0.1) is 0 Å². The van der Waals surface area contributed by atoms with Gasteiger partial charge >= 0.3 is 0 Å². The Morgan fingerprint density at radius 3 is 2.82 bits per heavy atom. The maximum absolute atomic E-state index is 12.2. The Morgan fingerprint density at radius 1 is 1.36 bits per heavy atom. The van der Waals surface area contributed by atoms with Gasteiger partial charge in [0.2, 0.25) is 5.91 Å². The number of ether oxygens (including phenoxy) is 1. The highest BCUT2D eigenvalue weighted by Gasteiger charge is 2.35. The third kappa shape index (κ3) is 3.76. The summed E-state index contributed by atoms with van der Waals surface area (Å²) in [4.78, 5) is 16.7. The van der Waals surface area contributed by atoms with E-state index in [-0.39, 0.29) is 18.3 Å². The maximum Gasteiger partial charge on any atom is 0.240 e. The average molecular weight is 342 g/mol. The van der Waals surface area contributed by atoms with E-state index < -0.39 is 5.54 Å². The summed E-state index contributed by atoms with van der Waals surface area (Å²) in [5.41, 5.74) is 6.38. The lowest BCUT2D eigenvalue weighted by Crippen LogP contribution is -2.57. The molecular formula is C15H20ClN3O2S. The van der Waals surface area contributed by atoms with Gasteiger partial charge in [-0.05, 0) is 25.0 Å². The Kier molecular flexibility index (Phi) is 5.74. The van der Waals surface area contributed by atoms with Crippen LogP contribution in [0.1, 0.15) is 17.8 Å². The second kappa shape index (κ2) is 7.37. The molecule has 2 aromatic rings. The minimum Gasteiger partial charge on any atom is -0.381 e. The number of para-hydroxylation sites is 1. The van der Waals surface area contributed by atoms with E-state index in [1.54, 1.807) is 11.3 Å². The summed E-state index contributed by atoms with van der Waals surface area (Å²) in [6.45, 7) is 1.68. The number of halogens is 1. The Balaban J connectivity index is 0.00000176. The fraction of sp³-hybridized carbons (Fsp3) is 0.467. The van der Waals surface area contributed by atoms with Gasteiger partial charge in [0.25, 0.3) is 0 Å². The van der Waals surface area contributed by atoms with Gasteiger partial charge in [-0.3, -0.25) is 4.79 Å². The average Bonchev–Trinajstić information content (AvgIpc) is 2.90. The molecule has 0 spiro atoms. The molecule has 0 unspecified atom stereocenters. The number of carbonyl (C=O) groups excluding carboxylic acids is 1. The van der Waals surface area contributed by atoms with Crippen molar-refractivity contribution in [3.63, 3.8) is 0 Å². The summed E-state index contributed by atoms with van der Waals surface area (Å²) in [5, 5.41) is 3.97. The number of hydrogen-bond donors (Lipinski definition) is 2. The predicted octanol–water partition coefficient (Wildman–Crippen LogP) is 1.88. The minimum absolute atomic E-state index is 0. The number of benzene rings is 1. The van der Waals surface area contributed by atoms with Crippen molar-refractivity contribution in [2.45, 2.75) is 24.8 Å². The van der Waals surface area contributed by atoms with E-state index in [1.165, 1.54) is 4.70 Å². The van der Waals surface area contributed by atoms with Crippen molar-refractivity contribution in [1.29, 1.82) is 0 Å². The van der Waals surface area contributed by atoms with Crippen LogP contribution in [0.5, 0.6) is 0 Å². The molecule has 1 aromatic heterocycles. The first-order valence-corrected chi connectivity index (χ1v) is 7.98. The molecule has 0 bridgehead atoms. The molecule has 0 saturated carbocycles. The summed E-state index contributed by atoms with van der Waals surface area (Å²) in [6, 6.07) is 8.06. The molecule has 1 aliphatic heterocycles. The Hall–Kier alpha value is -1.21. The van der Waals surface area contributed by atoms with Gasteiger partial charge in [-0.25, -0.2) is 4.98 Å². The number of hydrogen-bond acceptors (Lipinski definition) is 5. The molecule has 2 heterocycles. The maximum atomic E-state index is 12.2. The molecule has 0 aliphatic carbocycles. The summed E-state index contributed by atoms with van der Waals surface area (Å²) >= 11 is 1.67. The van der Waals surface area contributed by atoms with Crippen LogP contribution < -0.4 is 11.1 Å². The highest BCUT2D eigenvalue weighted by Crippen LogP contribution is 2.22. The highest BCUT2D eigenvalue weighted by atomic mass is 35.5. The van der Waals surface area contributed by atoms with E-state index in [0.717, 1.165) is 16.9 Å². The second-order valence-corrected chi connectivity index (χ2v) is 6.46. The van der Waals surface area contributed by atoms with Crippen molar-refractivity contribution in [2.75, 3.05) is 19.8 Å². The molecule has 1 fully saturated rings. The van der Waals surface area contributed by atoms with Gasteiger partial charge < -0.3 is 15.8 Å². The fourth-order valence-corrected chi connectivity index (χ4v) is 3.42. The van der Waals surface area contributed by atoms with Crippen LogP contribution in [0.2, 0.25) is 0 Å². The quantitative estimate of drug-likeness (QED) is 0.890. The number of nitrogens with two attached hydrogens (primary N) is 1. The van der Waals surface area contributed by atoms with Crippen LogP contribution >= 0.6 is 23.7 Å².